The van der Waals surface area contributed by atoms with E-state index in [1.807, 2.05) is 18.2 Å². The average molecular weight is 326 g/mol. The van der Waals surface area contributed by atoms with E-state index in [9.17, 15) is 9.18 Å². The Balaban J connectivity index is 1.88. The zero-order valence-corrected chi connectivity index (χ0v) is 13.7. The van der Waals surface area contributed by atoms with Gasteiger partial charge in [-0.15, -0.1) is 0 Å². The Kier molecular flexibility index (Phi) is 5.54. The Hall–Kier alpha value is -2.87. The Labute approximate surface area is 140 Å². The highest BCUT2D eigenvalue weighted by atomic mass is 19.1. The summed E-state index contributed by atoms with van der Waals surface area (Å²) < 4.78 is 19.1. The van der Waals surface area contributed by atoms with Crippen LogP contribution in [0.4, 0.5) is 4.39 Å². The molecule has 124 valence electrons. The Bertz CT molecular complexity index is 749. The summed E-state index contributed by atoms with van der Waals surface area (Å²) >= 11 is 0. The van der Waals surface area contributed by atoms with E-state index < -0.39 is 5.41 Å². The normalized spacial score (nSPS) is 10.8. The maximum Gasteiger partial charge on any atom is 0.240 e. The smallest absolute Gasteiger partial charge is 0.240 e. The summed E-state index contributed by atoms with van der Waals surface area (Å²) in [6, 6.07) is 15.6. The lowest BCUT2D eigenvalue weighted by atomic mass is 9.95. The van der Waals surface area contributed by atoms with Crippen molar-refractivity contribution in [1.29, 1.82) is 5.26 Å². The second kappa shape index (κ2) is 7.60. The summed E-state index contributed by atoms with van der Waals surface area (Å²) in [6.45, 7) is 3.63. The number of carbonyl (C=O) groups is 1. The number of hydrogen-bond donors (Lipinski definition) is 1. The third-order valence-corrected chi connectivity index (χ3v) is 3.58. The van der Waals surface area contributed by atoms with E-state index in [0.29, 0.717) is 17.9 Å². The van der Waals surface area contributed by atoms with E-state index in [0.717, 1.165) is 5.56 Å². The van der Waals surface area contributed by atoms with Crippen molar-refractivity contribution in [1.82, 2.24) is 5.32 Å². The van der Waals surface area contributed by atoms with Gasteiger partial charge in [0, 0.05) is 12.1 Å². The van der Waals surface area contributed by atoms with Crippen molar-refractivity contribution >= 4 is 5.91 Å². The predicted octanol–water partition coefficient (Wildman–Crippen LogP) is 3.57. The minimum absolute atomic E-state index is 0.152. The van der Waals surface area contributed by atoms with Crippen LogP contribution in [0.25, 0.3) is 0 Å². The number of hydrogen-bond acceptors (Lipinski definition) is 3. The molecule has 0 aliphatic carbocycles. The standard InChI is InChI=1S/C19H19FN2O2/c1-19(2,13-21)18(23)22-11-14-7-9-16(10-8-14)24-12-15-5-3-4-6-17(15)20/h3-10H,11-12H2,1-2H3,(H,22,23). The van der Waals surface area contributed by atoms with Crippen LogP contribution in [0.3, 0.4) is 0 Å². The summed E-state index contributed by atoms with van der Waals surface area (Å²) in [5.74, 6) is 0.00695. The van der Waals surface area contributed by atoms with E-state index in [2.05, 4.69) is 5.32 Å². The molecule has 0 fully saturated rings. The zero-order chi connectivity index (χ0) is 17.6. The van der Waals surface area contributed by atoms with Gasteiger partial charge in [0.05, 0.1) is 6.07 Å². The van der Waals surface area contributed by atoms with Gasteiger partial charge in [0.1, 0.15) is 23.6 Å². The van der Waals surface area contributed by atoms with Crippen molar-refractivity contribution in [3.05, 3.63) is 65.5 Å². The summed E-state index contributed by atoms with van der Waals surface area (Å²) in [5, 5.41) is 11.6. The number of ether oxygens (including phenoxy) is 1. The van der Waals surface area contributed by atoms with Crippen LogP contribution in [0.5, 0.6) is 5.75 Å². The molecule has 2 aromatic rings. The molecule has 5 heteroatoms. The molecule has 1 amide bonds. The Morgan fingerprint density at radius 1 is 1.21 bits per heavy atom. The van der Waals surface area contributed by atoms with E-state index in [1.54, 1.807) is 44.2 Å². The van der Waals surface area contributed by atoms with Crippen LogP contribution in [0.15, 0.2) is 48.5 Å². The maximum atomic E-state index is 13.5. The minimum Gasteiger partial charge on any atom is -0.489 e. The number of nitrogens with zero attached hydrogens (tertiary/aromatic N) is 1. The highest BCUT2D eigenvalue weighted by Gasteiger charge is 2.26. The molecule has 0 radical (unpaired) electrons. The molecule has 24 heavy (non-hydrogen) atoms. The van der Waals surface area contributed by atoms with Gasteiger partial charge in [-0.25, -0.2) is 4.39 Å². The number of amides is 1. The van der Waals surface area contributed by atoms with Crippen LogP contribution in [-0.2, 0) is 17.9 Å². The molecular formula is C19H19FN2O2. The Morgan fingerprint density at radius 3 is 2.50 bits per heavy atom. The van der Waals surface area contributed by atoms with Crippen LogP contribution in [0.2, 0.25) is 0 Å². The first-order valence-electron chi connectivity index (χ1n) is 7.57. The average Bonchev–Trinajstić information content (AvgIpc) is 2.59. The number of nitriles is 1. The third kappa shape index (κ3) is 4.56. The summed E-state index contributed by atoms with van der Waals surface area (Å²) in [4.78, 5) is 11.8. The largest absolute Gasteiger partial charge is 0.489 e. The second-order valence-electron chi connectivity index (χ2n) is 5.94. The molecular weight excluding hydrogens is 307 g/mol. The van der Waals surface area contributed by atoms with Gasteiger partial charge >= 0.3 is 0 Å². The van der Waals surface area contributed by atoms with Crippen molar-refractivity contribution < 1.29 is 13.9 Å². The zero-order valence-electron chi connectivity index (χ0n) is 13.7. The Morgan fingerprint density at radius 2 is 1.88 bits per heavy atom. The highest BCUT2D eigenvalue weighted by Crippen LogP contribution is 2.17. The van der Waals surface area contributed by atoms with Crippen molar-refractivity contribution in [3.63, 3.8) is 0 Å². The molecule has 2 aromatic carbocycles. The van der Waals surface area contributed by atoms with E-state index in [4.69, 9.17) is 10.00 Å². The first-order valence-corrected chi connectivity index (χ1v) is 7.57. The molecule has 0 aromatic heterocycles. The topological polar surface area (TPSA) is 62.1 Å². The van der Waals surface area contributed by atoms with Crippen molar-refractivity contribution in [3.8, 4) is 11.8 Å². The number of rotatable bonds is 6. The van der Waals surface area contributed by atoms with Gasteiger partial charge in [-0.3, -0.25) is 4.79 Å². The molecule has 0 heterocycles. The lowest BCUT2D eigenvalue weighted by Gasteiger charge is -2.15. The summed E-state index contributed by atoms with van der Waals surface area (Å²) in [6.07, 6.45) is 0. The molecule has 4 nitrogen and oxygen atoms in total. The molecule has 2 rings (SSSR count). The van der Waals surface area contributed by atoms with Gasteiger partial charge in [0.25, 0.3) is 0 Å². The van der Waals surface area contributed by atoms with Crippen molar-refractivity contribution in [2.75, 3.05) is 0 Å². The third-order valence-electron chi connectivity index (χ3n) is 3.58. The van der Waals surface area contributed by atoms with Crippen LogP contribution in [-0.4, -0.2) is 5.91 Å². The van der Waals surface area contributed by atoms with Gasteiger partial charge in [-0.2, -0.15) is 5.26 Å². The molecule has 0 atom stereocenters. The fourth-order valence-electron chi connectivity index (χ4n) is 1.93. The number of nitrogens with one attached hydrogen (secondary N) is 1. The maximum absolute atomic E-state index is 13.5. The molecule has 0 aliphatic rings. The lowest BCUT2D eigenvalue weighted by molar-refractivity contribution is -0.126. The molecule has 1 N–H and O–H groups in total. The van der Waals surface area contributed by atoms with Crippen molar-refractivity contribution in [2.24, 2.45) is 5.41 Å². The molecule has 0 saturated heterocycles. The second-order valence-corrected chi connectivity index (χ2v) is 5.94. The predicted molar refractivity (Wildman–Crippen MR) is 88.4 cm³/mol. The number of benzene rings is 2. The first-order chi connectivity index (χ1) is 11.4. The van der Waals surface area contributed by atoms with E-state index in [1.165, 1.54) is 6.07 Å². The van der Waals surface area contributed by atoms with Gasteiger partial charge < -0.3 is 10.1 Å². The fourth-order valence-corrected chi connectivity index (χ4v) is 1.93. The molecule has 0 unspecified atom stereocenters. The molecule has 0 saturated carbocycles. The lowest BCUT2D eigenvalue weighted by Crippen LogP contribution is -2.35. The summed E-state index contributed by atoms with van der Waals surface area (Å²) in [5.41, 5.74) is 0.325. The van der Waals surface area contributed by atoms with Gasteiger partial charge in [0.2, 0.25) is 5.91 Å². The minimum atomic E-state index is -1.05. The fraction of sp³-hybridized carbons (Fsp3) is 0.263. The van der Waals surface area contributed by atoms with E-state index >= 15 is 0 Å². The van der Waals surface area contributed by atoms with Crippen LogP contribution < -0.4 is 10.1 Å². The van der Waals surface area contributed by atoms with Gasteiger partial charge in [-0.05, 0) is 37.6 Å². The summed E-state index contributed by atoms with van der Waals surface area (Å²) in [7, 11) is 0. The van der Waals surface area contributed by atoms with Gasteiger partial charge in [-0.1, -0.05) is 30.3 Å². The molecule has 0 aliphatic heterocycles. The molecule has 0 spiro atoms. The van der Waals surface area contributed by atoms with Crippen LogP contribution in [0, 0.1) is 22.6 Å². The number of halogens is 1. The van der Waals surface area contributed by atoms with Gasteiger partial charge in [0.15, 0.2) is 0 Å². The molecule has 0 bridgehead atoms. The van der Waals surface area contributed by atoms with Crippen LogP contribution in [0.1, 0.15) is 25.0 Å². The first kappa shape index (κ1) is 17.5. The van der Waals surface area contributed by atoms with Crippen LogP contribution >= 0.6 is 0 Å². The quantitative estimate of drug-likeness (QED) is 0.882. The monoisotopic (exact) mass is 326 g/mol. The van der Waals surface area contributed by atoms with E-state index in [-0.39, 0.29) is 18.3 Å². The highest BCUT2D eigenvalue weighted by molar-refractivity contribution is 5.84. The number of carbonyl (C=O) groups excluding carboxylic acids is 1. The SMILES string of the molecule is CC(C)(C#N)C(=O)NCc1ccc(OCc2ccccc2F)cc1. The van der Waals surface area contributed by atoms with Crippen molar-refractivity contribution in [2.45, 2.75) is 27.0 Å².